The molecule has 8 nitrogen and oxygen atoms in total. The summed E-state index contributed by atoms with van der Waals surface area (Å²) in [5, 5.41) is 5.44. The number of carbonyl (C=O) groups is 2. The van der Waals surface area contributed by atoms with E-state index in [0.717, 1.165) is 10.0 Å². The normalized spacial score (nSPS) is 17.3. The van der Waals surface area contributed by atoms with Crippen LogP contribution >= 0.6 is 15.9 Å². The molecule has 0 saturated heterocycles. The highest BCUT2D eigenvalue weighted by Crippen LogP contribution is 2.21. The summed E-state index contributed by atoms with van der Waals surface area (Å²) in [5.41, 5.74) is 1.79. The highest BCUT2D eigenvalue weighted by atomic mass is 79.9. The summed E-state index contributed by atoms with van der Waals surface area (Å²) in [6.45, 7) is 2.24. The van der Waals surface area contributed by atoms with Crippen molar-refractivity contribution in [1.82, 2.24) is 10.2 Å². The van der Waals surface area contributed by atoms with Crippen LogP contribution in [0.4, 0.5) is 5.69 Å². The van der Waals surface area contributed by atoms with E-state index in [0.29, 0.717) is 5.69 Å². The van der Waals surface area contributed by atoms with Crippen molar-refractivity contribution in [2.75, 3.05) is 24.2 Å². The highest BCUT2D eigenvalue weighted by molar-refractivity contribution is 9.10. The van der Waals surface area contributed by atoms with Crippen LogP contribution in [-0.2, 0) is 19.6 Å². The number of halogens is 1. The maximum Gasteiger partial charge on any atom is 0.256 e. The molecule has 0 unspecified atom stereocenters. The number of nitrogens with one attached hydrogen (secondary N) is 2. The first-order chi connectivity index (χ1) is 13.2. The molecular weight excluding hydrogens is 448 g/mol. The van der Waals surface area contributed by atoms with E-state index in [2.05, 4.69) is 31.0 Å². The zero-order valence-corrected chi connectivity index (χ0v) is 17.5. The maximum atomic E-state index is 12.4. The molecule has 0 saturated carbocycles. The van der Waals surface area contributed by atoms with Crippen LogP contribution in [-0.4, -0.2) is 49.8 Å². The van der Waals surface area contributed by atoms with E-state index in [1.165, 1.54) is 6.08 Å². The number of aryl methyl sites for hydroxylation is 1. The van der Waals surface area contributed by atoms with Crippen molar-refractivity contribution < 1.29 is 18.0 Å². The second kappa shape index (κ2) is 8.27. The summed E-state index contributed by atoms with van der Waals surface area (Å²) in [7, 11) is -3.57. The number of carbonyl (C=O) groups excluding carboxylic acids is 2. The smallest absolute Gasteiger partial charge is 0.256 e. The fraction of sp³-hybridized carbons (Fsp3) is 0.278. The van der Waals surface area contributed by atoms with Gasteiger partial charge in [-0.2, -0.15) is 0 Å². The summed E-state index contributed by atoms with van der Waals surface area (Å²) in [4.78, 5) is 26.2. The lowest BCUT2D eigenvalue weighted by atomic mass is 10.1. The number of rotatable bonds is 5. The number of benzene rings is 1. The standard InChI is InChI=1S/C18H19BrN4O4S/c1-12-4-5-13(19)11-15(12)21-16(24)6-7-20-18(25)14-3-2-8-23-9-10-28(26,27)22-17(14)23/h2-5,8,11H,6-7,9-10H2,1H3,(H,20,25)(H,21,24). The summed E-state index contributed by atoms with van der Waals surface area (Å²) in [6, 6.07) is 5.57. The molecule has 0 atom stereocenters. The molecule has 0 radical (unpaired) electrons. The molecule has 2 aliphatic heterocycles. The average Bonchev–Trinajstić information content (AvgIpc) is 2.63. The van der Waals surface area contributed by atoms with Gasteiger partial charge in [-0.1, -0.05) is 22.0 Å². The largest absolute Gasteiger partial charge is 0.351 e. The van der Waals surface area contributed by atoms with Crippen molar-refractivity contribution in [2.24, 2.45) is 4.40 Å². The topological polar surface area (TPSA) is 108 Å². The molecule has 2 N–H and O–H groups in total. The zero-order valence-electron chi connectivity index (χ0n) is 15.1. The summed E-state index contributed by atoms with van der Waals surface area (Å²) in [6.07, 6.45) is 4.93. The van der Waals surface area contributed by atoms with Crippen molar-refractivity contribution in [2.45, 2.75) is 13.3 Å². The van der Waals surface area contributed by atoms with Gasteiger partial charge < -0.3 is 15.5 Å². The molecule has 2 aliphatic rings. The molecule has 148 valence electrons. The SMILES string of the molecule is Cc1ccc(Br)cc1NC(=O)CCNC(=O)C1=CC=CN2CCS(=O)(=O)N=C12. The number of allylic oxidation sites excluding steroid dienone is 2. The molecule has 10 heteroatoms. The van der Waals surface area contributed by atoms with E-state index in [9.17, 15) is 18.0 Å². The van der Waals surface area contributed by atoms with E-state index < -0.39 is 15.9 Å². The minimum Gasteiger partial charge on any atom is -0.351 e. The van der Waals surface area contributed by atoms with Gasteiger partial charge >= 0.3 is 0 Å². The number of anilines is 1. The van der Waals surface area contributed by atoms with Crippen LogP contribution in [0.5, 0.6) is 0 Å². The first-order valence-corrected chi connectivity index (χ1v) is 11.0. The van der Waals surface area contributed by atoms with Gasteiger partial charge in [-0.05, 0) is 36.8 Å². The zero-order chi connectivity index (χ0) is 20.3. The monoisotopic (exact) mass is 466 g/mol. The van der Waals surface area contributed by atoms with Crippen LogP contribution in [0.1, 0.15) is 12.0 Å². The van der Waals surface area contributed by atoms with Gasteiger partial charge in [0, 0.05) is 35.9 Å². The Kier molecular flexibility index (Phi) is 5.99. The van der Waals surface area contributed by atoms with Gasteiger partial charge in [-0.25, -0.2) is 8.42 Å². The van der Waals surface area contributed by atoms with Gasteiger partial charge in [0.15, 0.2) is 5.84 Å². The Morgan fingerprint density at radius 3 is 2.89 bits per heavy atom. The van der Waals surface area contributed by atoms with Crippen molar-refractivity contribution in [3.05, 3.63) is 52.2 Å². The molecule has 0 aliphatic carbocycles. The predicted molar refractivity (Wildman–Crippen MR) is 110 cm³/mol. The van der Waals surface area contributed by atoms with Gasteiger partial charge in [-0.3, -0.25) is 9.59 Å². The third-order valence-corrected chi connectivity index (χ3v) is 5.86. The third kappa shape index (κ3) is 4.87. The number of nitrogens with zero attached hydrogens (tertiary/aromatic N) is 2. The Bertz CT molecular complexity index is 1010. The molecule has 2 heterocycles. The van der Waals surface area contributed by atoms with E-state index in [1.807, 2.05) is 19.1 Å². The molecule has 0 fully saturated rings. The quantitative estimate of drug-likeness (QED) is 0.686. The molecule has 2 amide bonds. The molecule has 0 aromatic heterocycles. The second-order valence-corrected chi connectivity index (χ2v) is 9.00. The number of amides is 2. The summed E-state index contributed by atoms with van der Waals surface area (Å²) < 4.78 is 28.1. The van der Waals surface area contributed by atoms with E-state index in [-0.39, 0.29) is 42.6 Å². The van der Waals surface area contributed by atoms with Gasteiger partial charge in [0.05, 0.1) is 11.3 Å². The predicted octanol–water partition coefficient (Wildman–Crippen LogP) is 1.70. The molecule has 3 rings (SSSR count). The number of fused-ring (bicyclic) bond motifs is 1. The number of hydrogen-bond acceptors (Lipinski definition) is 5. The van der Waals surface area contributed by atoms with Crippen LogP contribution in [0, 0.1) is 6.92 Å². The maximum absolute atomic E-state index is 12.4. The third-order valence-electron chi connectivity index (χ3n) is 4.21. The summed E-state index contributed by atoms with van der Waals surface area (Å²) >= 11 is 3.36. The molecular formula is C18H19BrN4O4S. The average molecular weight is 467 g/mol. The van der Waals surface area contributed by atoms with Gasteiger partial charge in [-0.15, -0.1) is 4.40 Å². The Morgan fingerprint density at radius 2 is 2.11 bits per heavy atom. The molecule has 1 aromatic carbocycles. The number of hydrogen-bond donors (Lipinski definition) is 2. The fourth-order valence-electron chi connectivity index (χ4n) is 2.72. The van der Waals surface area contributed by atoms with E-state index >= 15 is 0 Å². The molecule has 28 heavy (non-hydrogen) atoms. The van der Waals surface area contributed by atoms with E-state index in [4.69, 9.17) is 0 Å². The fourth-order valence-corrected chi connectivity index (χ4v) is 4.07. The second-order valence-electron chi connectivity index (χ2n) is 6.33. The first-order valence-electron chi connectivity index (χ1n) is 8.57. The lowest BCUT2D eigenvalue weighted by Crippen LogP contribution is -2.42. The van der Waals surface area contributed by atoms with Crippen molar-refractivity contribution in [3.63, 3.8) is 0 Å². The molecule has 1 aromatic rings. The summed E-state index contributed by atoms with van der Waals surface area (Å²) in [5.74, 6) is -0.694. The number of amidine groups is 1. The highest BCUT2D eigenvalue weighted by Gasteiger charge is 2.29. The Balaban J connectivity index is 1.57. The minimum atomic E-state index is -3.57. The van der Waals surface area contributed by atoms with Crippen LogP contribution in [0.2, 0.25) is 0 Å². The van der Waals surface area contributed by atoms with Crippen LogP contribution in [0.25, 0.3) is 0 Å². The van der Waals surface area contributed by atoms with Gasteiger partial charge in [0.2, 0.25) is 5.91 Å². The van der Waals surface area contributed by atoms with Gasteiger partial charge in [0.1, 0.15) is 0 Å². The lowest BCUT2D eigenvalue weighted by molar-refractivity contribution is -0.117. The Labute approximate surface area is 171 Å². The van der Waals surface area contributed by atoms with Crippen molar-refractivity contribution >= 4 is 49.3 Å². The van der Waals surface area contributed by atoms with Crippen molar-refractivity contribution in [1.29, 1.82) is 0 Å². The van der Waals surface area contributed by atoms with Crippen LogP contribution in [0.15, 0.2) is 51.0 Å². The van der Waals surface area contributed by atoms with Crippen molar-refractivity contribution in [3.8, 4) is 0 Å². The van der Waals surface area contributed by atoms with Crippen LogP contribution in [0.3, 0.4) is 0 Å². The lowest BCUT2D eigenvalue weighted by Gasteiger charge is -2.28. The number of sulfonamides is 1. The van der Waals surface area contributed by atoms with E-state index in [1.54, 1.807) is 23.2 Å². The Hall–Kier alpha value is -2.46. The molecule has 0 spiro atoms. The van der Waals surface area contributed by atoms with Gasteiger partial charge in [0.25, 0.3) is 15.9 Å². The Morgan fingerprint density at radius 1 is 1.32 bits per heavy atom. The molecule has 0 bridgehead atoms. The minimum absolute atomic E-state index is 0.0787. The first kappa shape index (κ1) is 20.3. The van der Waals surface area contributed by atoms with Crippen LogP contribution < -0.4 is 10.6 Å².